The van der Waals surface area contributed by atoms with Gasteiger partial charge in [0.1, 0.15) is 6.07 Å². The molecule has 2 rings (SSSR count). The molecule has 0 N–H and O–H groups in total. The Morgan fingerprint density at radius 3 is 2.48 bits per heavy atom. The van der Waals surface area contributed by atoms with Gasteiger partial charge in [-0.15, -0.1) is 0 Å². The number of aromatic nitrogens is 1. The molecule has 7 heteroatoms. The fourth-order valence-electron chi connectivity index (χ4n) is 2.97. The van der Waals surface area contributed by atoms with Crippen molar-refractivity contribution in [3.05, 3.63) is 11.6 Å². The minimum absolute atomic E-state index is 0.131. The van der Waals surface area contributed by atoms with Crippen LogP contribution in [-0.4, -0.2) is 66.5 Å². The Balaban J connectivity index is 1.91. The summed E-state index contributed by atoms with van der Waals surface area (Å²) >= 11 is 0. The van der Waals surface area contributed by atoms with Gasteiger partial charge >= 0.3 is 0 Å². The highest BCUT2D eigenvalue weighted by Crippen LogP contribution is 2.24. The van der Waals surface area contributed by atoms with E-state index in [1.54, 1.807) is 6.92 Å². The molecule has 0 aliphatic carbocycles. The first-order valence-electron chi connectivity index (χ1n) is 8.74. The summed E-state index contributed by atoms with van der Waals surface area (Å²) in [6.07, 6.45) is 0. The minimum Gasteiger partial charge on any atom is -0.424 e. The highest BCUT2D eigenvalue weighted by molar-refractivity contribution is 5.78. The summed E-state index contributed by atoms with van der Waals surface area (Å²) in [7, 11) is 2.00. The van der Waals surface area contributed by atoms with Gasteiger partial charge in [-0.3, -0.25) is 9.69 Å². The van der Waals surface area contributed by atoms with Crippen molar-refractivity contribution in [2.24, 2.45) is 5.41 Å². The van der Waals surface area contributed by atoms with E-state index in [1.807, 2.05) is 16.8 Å². The molecule has 1 aromatic heterocycles. The van der Waals surface area contributed by atoms with Crippen LogP contribution >= 0.6 is 0 Å². The summed E-state index contributed by atoms with van der Waals surface area (Å²) in [5.74, 6) is 1.15. The molecule has 0 aromatic carbocycles. The average Bonchev–Trinajstić information content (AvgIpc) is 2.94. The van der Waals surface area contributed by atoms with Crippen LogP contribution in [0.25, 0.3) is 0 Å². The summed E-state index contributed by atoms with van der Waals surface area (Å²) in [6.45, 7) is 13.4. The van der Waals surface area contributed by atoms with Crippen LogP contribution in [0.2, 0.25) is 0 Å². The monoisotopic (exact) mass is 347 g/mol. The van der Waals surface area contributed by atoms with Crippen molar-refractivity contribution in [1.29, 1.82) is 5.26 Å². The van der Waals surface area contributed by atoms with Gasteiger partial charge < -0.3 is 14.2 Å². The zero-order chi connectivity index (χ0) is 18.8. The average molecular weight is 347 g/mol. The van der Waals surface area contributed by atoms with E-state index in [1.165, 1.54) is 0 Å². The van der Waals surface area contributed by atoms with Crippen LogP contribution in [-0.2, 0) is 4.79 Å². The molecule has 1 aliphatic heterocycles. The number of amides is 1. The summed E-state index contributed by atoms with van der Waals surface area (Å²) in [6, 6.07) is 2.38. The largest absolute Gasteiger partial charge is 0.424 e. The lowest BCUT2D eigenvalue weighted by atomic mass is 9.87. The van der Waals surface area contributed by atoms with Crippen LogP contribution in [0, 0.1) is 23.7 Å². The highest BCUT2D eigenvalue weighted by atomic mass is 16.4. The van der Waals surface area contributed by atoms with E-state index in [4.69, 9.17) is 9.68 Å². The van der Waals surface area contributed by atoms with Crippen LogP contribution in [0.4, 0.5) is 5.88 Å². The Morgan fingerprint density at radius 1 is 1.36 bits per heavy atom. The Labute approximate surface area is 150 Å². The molecular weight excluding hydrogens is 318 g/mol. The Morgan fingerprint density at radius 2 is 1.96 bits per heavy atom. The van der Waals surface area contributed by atoms with Gasteiger partial charge in [-0.05, 0) is 19.4 Å². The van der Waals surface area contributed by atoms with E-state index >= 15 is 0 Å². The van der Waals surface area contributed by atoms with Crippen molar-refractivity contribution in [2.45, 2.75) is 40.7 Å². The Bertz CT molecular complexity index is 647. The summed E-state index contributed by atoms with van der Waals surface area (Å²) < 4.78 is 5.55. The van der Waals surface area contributed by atoms with E-state index in [9.17, 15) is 4.79 Å². The molecule has 0 saturated carbocycles. The van der Waals surface area contributed by atoms with Gasteiger partial charge in [0.05, 0.1) is 6.54 Å². The van der Waals surface area contributed by atoms with Crippen LogP contribution in [0.15, 0.2) is 4.42 Å². The second-order valence-electron chi connectivity index (χ2n) is 7.82. The van der Waals surface area contributed by atoms with Gasteiger partial charge in [0, 0.05) is 39.1 Å². The highest BCUT2D eigenvalue weighted by Gasteiger charge is 2.29. The first kappa shape index (κ1) is 19.3. The number of carbonyl (C=O) groups excluding carboxylic acids is 1. The molecule has 2 heterocycles. The van der Waals surface area contributed by atoms with Crippen molar-refractivity contribution in [3.63, 3.8) is 0 Å². The Kier molecular flexibility index (Phi) is 5.73. The third-order valence-electron chi connectivity index (χ3n) is 5.04. The molecule has 25 heavy (non-hydrogen) atoms. The lowest BCUT2D eigenvalue weighted by molar-refractivity contribution is -0.133. The molecule has 7 nitrogen and oxygen atoms in total. The molecule has 138 valence electrons. The molecule has 0 unspecified atom stereocenters. The quantitative estimate of drug-likeness (QED) is 0.827. The smallest absolute Gasteiger partial charge is 0.236 e. The maximum absolute atomic E-state index is 12.6. The predicted molar refractivity (Wildman–Crippen MR) is 96.3 cm³/mol. The number of oxazole rings is 1. The number of rotatable bonds is 4. The van der Waals surface area contributed by atoms with Crippen LogP contribution in [0.3, 0.4) is 0 Å². The summed E-state index contributed by atoms with van der Waals surface area (Å²) in [5, 5.41) is 9.15. The minimum atomic E-state index is 0.131. The molecular formula is C18H29N5O2. The van der Waals surface area contributed by atoms with Crippen molar-refractivity contribution >= 4 is 11.8 Å². The van der Waals surface area contributed by atoms with Gasteiger partial charge in [0.25, 0.3) is 0 Å². The molecule has 1 fully saturated rings. The number of piperazine rings is 1. The second kappa shape index (κ2) is 7.44. The van der Waals surface area contributed by atoms with Gasteiger partial charge in [-0.1, -0.05) is 20.8 Å². The molecule has 1 aliphatic rings. The third-order valence-corrected chi connectivity index (χ3v) is 5.04. The normalized spacial score (nSPS) is 16.9. The van der Waals surface area contributed by atoms with Gasteiger partial charge in [0.2, 0.25) is 17.5 Å². The number of aryl methyl sites for hydroxylation is 1. The second-order valence-corrected chi connectivity index (χ2v) is 7.82. The molecule has 1 amide bonds. The standard InChI is InChI=1S/C18H29N5O2/c1-13(18(3,4)5)21(6)12-16(24)22-7-9-23(10-8-22)17-15(11-19)20-14(2)25-17/h13H,7-10,12H2,1-6H3/t13-/m1/s1. The molecule has 0 spiro atoms. The predicted octanol–water partition coefficient (Wildman–Crippen LogP) is 1.87. The van der Waals surface area contributed by atoms with Gasteiger partial charge in [0.15, 0.2) is 5.89 Å². The Hall–Kier alpha value is -2.07. The van der Waals surface area contributed by atoms with E-state index in [-0.39, 0.29) is 11.3 Å². The lowest BCUT2D eigenvalue weighted by Gasteiger charge is -2.38. The van der Waals surface area contributed by atoms with Crippen molar-refractivity contribution in [1.82, 2.24) is 14.8 Å². The fourth-order valence-corrected chi connectivity index (χ4v) is 2.97. The topological polar surface area (TPSA) is 76.6 Å². The fraction of sp³-hybridized carbons (Fsp3) is 0.722. The maximum atomic E-state index is 12.6. The van der Waals surface area contributed by atoms with Crippen molar-refractivity contribution in [2.75, 3.05) is 44.7 Å². The van der Waals surface area contributed by atoms with E-state index in [2.05, 4.69) is 43.6 Å². The van der Waals surface area contributed by atoms with Crippen LogP contribution in [0.5, 0.6) is 0 Å². The van der Waals surface area contributed by atoms with Gasteiger partial charge in [-0.25, -0.2) is 4.98 Å². The van der Waals surface area contributed by atoms with Crippen LogP contribution in [0.1, 0.15) is 39.3 Å². The number of hydrogen-bond donors (Lipinski definition) is 0. The molecule has 0 radical (unpaired) electrons. The van der Waals surface area contributed by atoms with Crippen molar-refractivity contribution < 1.29 is 9.21 Å². The molecule has 0 bridgehead atoms. The van der Waals surface area contributed by atoms with E-state index < -0.39 is 0 Å². The summed E-state index contributed by atoms with van der Waals surface area (Å²) in [5.41, 5.74) is 0.446. The first-order chi connectivity index (χ1) is 11.6. The van der Waals surface area contributed by atoms with Crippen LogP contribution < -0.4 is 4.90 Å². The number of nitrogens with zero attached hydrogens (tertiary/aromatic N) is 5. The van der Waals surface area contributed by atoms with E-state index in [0.29, 0.717) is 56.2 Å². The number of hydrogen-bond acceptors (Lipinski definition) is 6. The number of nitriles is 1. The maximum Gasteiger partial charge on any atom is 0.236 e. The van der Waals surface area contributed by atoms with Crippen molar-refractivity contribution in [3.8, 4) is 6.07 Å². The van der Waals surface area contributed by atoms with Gasteiger partial charge in [-0.2, -0.15) is 5.26 Å². The third kappa shape index (κ3) is 4.51. The zero-order valence-electron chi connectivity index (χ0n) is 16.2. The number of carbonyl (C=O) groups is 1. The summed E-state index contributed by atoms with van der Waals surface area (Å²) in [4.78, 5) is 22.7. The zero-order valence-corrected chi connectivity index (χ0v) is 16.2. The molecule has 1 saturated heterocycles. The number of likely N-dealkylation sites (N-methyl/N-ethyl adjacent to an activating group) is 1. The lowest BCUT2D eigenvalue weighted by Crippen LogP contribution is -2.52. The molecule has 1 atom stereocenters. The first-order valence-corrected chi connectivity index (χ1v) is 8.74. The van der Waals surface area contributed by atoms with E-state index in [0.717, 1.165) is 0 Å². The molecule has 1 aromatic rings. The number of anilines is 1. The SMILES string of the molecule is Cc1nc(C#N)c(N2CCN(C(=O)CN(C)[C@H](C)C(C)(C)C)CC2)o1.